The Labute approximate surface area is 103 Å². The first-order valence-electron chi connectivity index (χ1n) is 6.72. The molecule has 3 rings (SSSR count). The van der Waals surface area contributed by atoms with Crippen molar-refractivity contribution in [2.75, 3.05) is 23.7 Å². The second-order valence-electron chi connectivity index (χ2n) is 5.70. The van der Waals surface area contributed by atoms with Crippen LogP contribution in [0.4, 0.5) is 11.5 Å². The van der Waals surface area contributed by atoms with Crippen LogP contribution < -0.4 is 10.6 Å². The van der Waals surface area contributed by atoms with E-state index in [1.165, 1.54) is 37.8 Å². The van der Waals surface area contributed by atoms with Crippen LogP contribution in [0, 0.1) is 12.3 Å². The quantitative estimate of drug-likeness (QED) is 0.725. The van der Waals surface area contributed by atoms with Crippen molar-refractivity contribution in [1.29, 1.82) is 0 Å². The molecule has 1 aliphatic carbocycles. The number of hydrogen-bond donors (Lipinski definition) is 2. The van der Waals surface area contributed by atoms with E-state index in [1.807, 2.05) is 11.7 Å². The third kappa shape index (κ3) is 1.79. The number of nitrogens with zero attached hydrogens (tertiary/aromatic N) is 2. The van der Waals surface area contributed by atoms with Gasteiger partial charge in [0.15, 0.2) is 0 Å². The highest BCUT2D eigenvalue weighted by Gasteiger charge is 2.34. The molecular weight excluding hydrogens is 212 g/mol. The maximum atomic E-state index is 4.46. The zero-order valence-corrected chi connectivity index (χ0v) is 10.8. The van der Waals surface area contributed by atoms with Crippen LogP contribution in [0.25, 0.3) is 0 Å². The fourth-order valence-corrected chi connectivity index (χ4v) is 3.34. The van der Waals surface area contributed by atoms with Crippen molar-refractivity contribution in [3.05, 3.63) is 5.69 Å². The second-order valence-corrected chi connectivity index (χ2v) is 5.70. The molecule has 0 saturated heterocycles. The first-order chi connectivity index (χ1) is 8.20. The van der Waals surface area contributed by atoms with Gasteiger partial charge in [-0.05, 0) is 19.8 Å². The van der Waals surface area contributed by atoms with Gasteiger partial charge < -0.3 is 10.6 Å². The first-order valence-corrected chi connectivity index (χ1v) is 6.72. The van der Waals surface area contributed by atoms with Gasteiger partial charge >= 0.3 is 0 Å². The zero-order chi connectivity index (χ0) is 11.9. The van der Waals surface area contributed by atoms with Crippen LogP contribution in [0.5, 0.6) is 0 Å². The summed E-state index contributed by atoms with van der Waals surface area (Å²) in [4.78, 5) is 0. The molecule has 2 heterocycles. The van der Waals surface area contributed by atoms with Crippen LogP contribution in [-0.2, 0) is 7.05 Å². The molecule has 1 aromatic rings. The third-order valence-electron chi connectivity index (χ3n) is 4.41. The molecule has 94 valence electrons. The first kappa shape index (κ1) is 10.9. The molecule has 0 bridgehead atoms. The molecule has 0 atom stereocenters. The Balaban J connectivity index is 1.85. The fourth-order valence-electron chi connectivity index (χ4n) is 3.34. The van der Waals surface area contributed by atoms with Crippen molar-refractivity contribution in [3.8, 4) is 0 Å². The molecular formula is C13H22N4. The molecule has 0 amide bonds. The average molecular weight is 234 g/mol. The Hall–Kier alpha value is -1.19. The normalized spacial score (nSPS) is 22.5. The lowest BCUT2D eigenvalue weighted by Gasteiger charge is -2.36. The summed E-state index contributed by atoms with van der Waals surface area (Å²) in [5.74, 6) is 1.16. The van der Waals surface area contributed by atoms with Gasteiger partial charge in [-0.3, -0.25) is 4.68 Å². The highest BCUT2D eigenvalue weighted by Crippen LogP contribution is 2.40. The van der Waals surface area contributed by atoms with E-state index in [4.69, 9.17) is 0 Å². The Bertz CT molecular complexity index is 385. The molecule has 0 radical (unpaired) electrons. The average Bonchev–Trinajstić information content (AvgIpc) is 2.49. The second kappa shape index (κ2) is 3.93. The van der Waals surface area contributed by atoms with Crippen molar-refractivity contribution >= 4 is 11.5 Å². The van der Waals surface area contributed by atoms with E-state index >= 15 is 0 Å². The van der Waals surface area contributed by atoms with Crippen LogP contribution in [0.15, 0.2) is 0 Å². The van der Waals surface area contributed by atoms with E-state index in [-0.39, 0.29) is 0 Å². The smallest absolute Gasteiger partial charge is 0.148 e. The van der Waals surface area contributed by atoms with E-state index in [0.29, 0.717) is 5.41 Å². The van der Waals surface area contributed by atoms with Crippen molar-refractivity contribution in [2.45, 2.75) is 39.0 Å². The van der Waals surface area contributed by atoms with E-state index in [0.717, 1.165) is 24.6 Å². The number of rotatable bonds is 0. The number of anilines is 2. The third-order valence-corrected chi connectivity index (χ3v) is 4.41. The minimum absolute atomic E-state index is 0.462. The van der Waals surface area contributed by atoms with Crippen molar-refractivity contribution in [2.24, 2.45) is 12.5 Å². The summed E-state index contributed by atoms with van der Waals surface area (Å²) in [6.07, 6.45) is 6.89. The molecule has 1 spiro atoms. The minimum atomic E-state index is 0.462. The lowest BCUT2D eigenvalue weighted by molar-refractivity contribution is 0.223. The molecule has 1 fully saturated rings. The summed E-state index contributed by atoms with van der Waals surface area (Å²) in [5, 5.41) is 11.7. The van der Waals surface area contributed by atoms with Gasteiger partial charge in [-0.1, -0.05) is 19.3 Å². The molecule has 4 heteroatoms. The van der Waals surface area contributed by atoms with Gasteiger partial charge in [0.1, 0.15) is 11.5 Å². The number of aromatic nitrogens is 2. The zero-order valence-electron chi connectivity index (χ0n) is 10.8. The van der Waals surface area contributed by atoms with Gasteiger partial charge in [0.2, 0.25) is 0 Å². The summed E-state index contributed by atoms with van der Waals surface area (Å²) in [5.41, 5.74) is 2.77. The molecule has 4 nitrogen and oxygen atoms in total. The molecule has 17 heavy (non-hydrogen) atoms. The molecule has 1 aromatic heterocycles. The highest BCUT2D eigenvalue weighted by molar-refractivity contribution is 5.69. The van der Waals surface area contributed by atoms with E-state index < -0.39 is 0 Å². The lowest BCUT2D eigenvalue weighted by atomic mass is 9.74. The van der Waals surface area contributed by atoms with Crippen LogP contribution in [0.3, 0.4) is 0 Å². The predicted molar refractivity (Wildman–Crippen MR) is 70.4 cm³/mol. The van der Waals surface area contributed by atoms with Crippen molar-refractivity contribution in [1.82, 2.24) is 9.78 Å². The Kier molecular flexibility index (Phi) is 2.53. The Morgan fingerprint density at radius 1 is 1.12 bits per heavy atom. The Morgan fingerprint density at radius 2 is 1.82 bits per heavy atom. The number of nitrogens with one attached hydrogen (secondary N) is 2. The molecule has 1 aliphatic heterocycles. The molecule has 0 unspecified atom stereocenters. The summed E-state index contributed by atoms with van der Waals surface area (Å²) in [7, 11) is 2.01. The highest BCUT2D eigenvalue weighted by atomic mass is 15.3. The fraction of sp³-hybridized carbons (Fsp3) is 0.769. The summed E-state index contributed by atoms with van der Waals surface area (Å²) in [6, 6.07) is 0. The standard InChI is InChI=1S/C13H22N4/c1-10-11-12(17(2)16-10)15-9-13(8-14-11)6-4-3-5-7-13/h14-15H,3-9H2,1-2H3. The maximum absolute atomic E-state index is 4.46. The summed E-state index contributed by atoms with van der Waals surface area (Å²) < 4.78 is 1.96. The van der Waals surface area contributed by atoms with Crippen LogP contribution in [0.1, 0.15) is 37.8 Å². The predicted octanol–water partition coefficient (Wildman–Crippen LogP) is 2.52. The maximum Gasteiger partial charge on any atom is 0.148 e. The SMILES string of the molecule is Cc1nn(C)c2c1NCC1(CCCCC1)CN2. The van der Waals surface area contributed by atoms with E-state index in [2.05, 4.69) is 22.7 Å². The van der Waals surface area contributed by atoms with Crippen molar-refractivity contribution in [3.63, 3.8) is 0 Å². The van der Waals surface area contributed by atoms with E-state index in [9.17, 15) is 0 Å². The number of hydrogen-bond acceptors (Lipinski definition) is 3. The molecule has 2 N–H and O–H groups in total. The van der Waals surface area contributed by atoms with Gasteiger partial charge in [0.05, 0.1) is 5.69 Å². The van der Waals surface area contributed by atoms with Crippen LogP contribution in [-0.4, -0.2) is 22.9 Å². The van der Waals surface area contributed by atoms with Gasteiger partial charge in [0, 0.05) is 25.6 Å². The Morgan fingerprint density at radius 3 is 2.59 bits per heavy atom. The van der Waals surface area contributed by atoms with Gasteiger partial charge in [-0.15, -0.1) is 0 Å². The minimum Gasteiger partial charge on any atom is -0.380 e. The number of fused-ring (bicyclic) bond motifs is 1. The van der Waals surface area contributed by atoms with Gasteiger partial charge in [0.25, 0.3) is 0 Å². The number of aryl methyl sites for hydroxylation is 2. The van der Waals surface area contributed by atoms with Gasteiger partial charge in [-0.2, -0.15) is 5.10 Å². The molecule has 2 aliphatic rings. The van der Waals surface area contributed by atoms with E-state index in [1.54, 1.807) is 0 Å². The molecule has 1 saturated carbocycles. The summed E-state index contributed by atoms with van der Waals surface area (Å²) in [6.45, 7) is 4.26. The van der Waals surface area contributed by atoms with Crippen molar-refractivity contribution < 1.29 is 0 Å². The van der Waals surface area contributed by atoms with Gasteiger partial charge in [-0.25, -0.2) is 0 Å². The van der Waals surface area contributed by atoms with Crippen LogP contribution >= 0.6 is 0 Å². The largest absolute Gasteiger partial charge is 0.380 e. The lowest BCUT2D eigenvalue weighted by Crippen LogP contribution is -2.37. The summed E-state index contributed by atoms with van der Waals surface area (Å²) >= 11 is 0. The molecule has 0 aromatic carbocycles. The van der Waals surface area contributed by atoms with Crippen LogP contribution in [0.2, 0.25) is 0 Å². The topological polar surface area (TPSA) is 41.9 Å². The monoisotopic (exact) mass is 234 g/mol.